The second-order valence-corrected chi connectivity index (χ2v) is 4.97. The van der Waals surface area contributed by atoms with Crippen molar-refractivity contribution >= 4 is 5.91 Å². The lowest BCUT2D eigenvalue weighted by atomic mass is 9.96. The van der Waals surface area contributed by atoms with E-state index in [0.29, 0.717) is 19.0 Å². The van der Waals surface area contributed by atoms with Gasteiger partial charge in [-0.3, -0.25) is 19.8 Å². The normalized spacial score (nSPS) is 24.4. The molecule has 0 aliphatic carbocycles. The first-order chi connectivity index (χ1) is 9.10. The Morgan fingerprint density at radius 3 is 3.11 bits per heavy atom. The van der Waals surface area contributed by atoms with Crippen molar-refractivity contribution in [3.8, 4) is 0 Å². The summed E-state index contributed by atoms with van der Waals surface area (Å²) >= 11 is 0. The van der Waals surface area contributed by atoms with Crippen LogP contribution in [0.3, 0.4) is 0 Å². The van der Waals surface area contributed by atoms with Crippen LogP contribution < -0.4 is 11.3 Å². The Labute approximate surface area is 111 Å². The average Bonchev–Trinajstić information content (AvgIpc) is 2.88. The van der Waals surface area contributed by atoms with Gasteiger partial charge in [0.2, 0.25) is 0 Å². The van der Waals surface area contributed by atoms with Crippen LogP contribution in [0.4, 0.5) is 0 Å². The summed E-state index contributed by atoms with van der Waals surface area (Å²) in [6.45, 7) is 5.13. The third-order valence-electron chi connectivity index (χ3n) is 3.55. The van der Waals surface area contributed by atoms with Crippen LogP contribution in [0.25, 0.3) is 0 Å². The SMILES string of the molecule is CC1CCN(CCn2cc(C(=O)NN)nn2)CC1O. The molecule has 8 heteroatoms. The zero-order valence-electron chi connectivity index (χ0n) is 11.0. The van der Waals surface area contributed by atoms with Gasteiger partial charge < -0.3 is 5.11 Å². The number of aromatic nitrogens is 3. The third-order valence-corrected chi connectivity index (χ3v) is 3.55. The van der Waals surface area contributed by atoms with E-state index in [1.165, 1.54) is 0 Å². The Balaban J connectivity index is 1.82. The highest BCUT2D eigenvalue weighted by Crippen LogP contribution is 2.16. The number of nitrogens with two attached hydrogens (primary N) is 1. The molecule has 1 fully saturated rings. The largest absolute Gasteiger partial charge is 0.392 e. The van der Waals surface area contributed by atoms with Crippen LogP contribution in [0.1, 0.15) is 23.8 Å². The summed E-state index contributed by atoms with van der Waals surface area (Å²) in [4.78, 5) is 13.4. The minimum Gasteiger partial charge on any atom is -0.392 e. The molecule has 8 nitrogen and oxygen atoms in total. The van der Waals surface area contributed by atoms with E-state index in [1.807, 2.05) is 5.43 Å². The first kappa shape index (κ1) is 13.9. The molecule has 1 aromatic heterocycles. The third kappa shape index (κ3) is 3.49. The summed E-state index contributed by atoms with van der Waals surface area (Å²) in [5, 5.41) is 17.4. The van der Waals surface area contributed by atoms with E-state index in [4.69, 9.17) is 5.84 Å². The van der Waals surface area contributed by atoms with Crippen molar-refractivity contribution in [2.45, 2.75) is 26.0 Å². The fourth-order valence-corrected chi connectivity index (χ4v) is 2.15. The molecule has 2 rings (SSSR count). The molecule has 2 heterocycles. The zero-order chi connectivity index (χ0) is 13.8. The molecule has 2 atom stereocenters. The van der Waals surface area contributed by atoms with E-state index >= 15 is 0 Å². The van der Waals surface area contributed by atoms with Crippen LogP contribution in [0.2, 0.25) is 0 Å². The lowest BCUT2D eigenvalue weighted by Gasteiger charge is -2.34. The number of rotatable bonds is 4. The molecule has 106 valence electrons. The van der Waals surface area contributed by atoms with Crippen molar-refractivity contribution in [3.63, 3.8) is 0 Å². The predicted molar refractivity (Wildman–Crippen MR) is 67.9 cm³/mol. The lowest BCUT2D eigenvalue weighted by Crippen LogP contribution is -2.44. The first-order valence-corrected chi connectivity index (χ1v) is 6.41. The topological polar surface area (TPSA) is 109 Å². The predicted octanol–water partition coefficient (Wildman–Crippen LogP) is -1.42. The fourth-order valence-electron chi connectivity index (χ4n) is 2.15. The Morgan fingerprint density at radius 1 is 1.63 bits per heavy atom. The molecule has 1 aliphatic heterocycles. The number of β-amino-alcohol motifs (C(OH)–C–C–N with tert-alkyl or cyclic N) is 1. The van der Waals surface area contributed by atoms with Crippen molar-refractivity contribution in [2.75, 3.05) is 19.6 Å². The summed E-state index contributed by atoms with van der Waals surface area (Å²) in [7, 11) is 0. The number of nitrogen functional groups attached to an aromatic ring is 1. The highest BCUT2D eigenvalue weighted by atomic mass is 16.3. The van der Waals surface area contributed by atoms with Gasteiger partial charge in [-0.25, -0.2) is 5.84 Å². The van der Waals surface area contributed by atoms with Crippen LogP contribution in [-0.4, -0.2) is 56.6 Å². The molecule has 1 aliphatic rings. The van der Waals surface area contributed by atoms with Crippen molar-refractivity contribution in [1.82, 2.24) is 25.3 Å². The monoisotopic (exact) mass is 268 g/mol. The van der Waals surface area contributed by atoms with Gasteiger partial charge in [0.1, 0.15) is 0 Å². The van der Waals surface area contributed by atoms with Gasteiger partial charge >= 0.3 is 0 Å². The minimum atomic E-state index is -0.450. The lowest BCUT2D eigenvalue weighted by molar-refractivity contribution is 0.0275. The number of hydrogen-bond donors (Lipinski definition) is 3. The Kier molecular flexibility index (Phi) is 4.46. The fraction of sp³-hybridized carbons (Fsp3) is 0.727. The Bertz CT molecular complexity index is 435. The maximum atomic E-state index is 11.2. The molecule has 0 spiro atoms. The smallest absolute Gasteiger partial charge is 0.287 e. The van der Waals surface area contributed by atoms with Gasteiger partial charge in [-0.15, -0.1) is 5.10 Å². The summed E-state index contributed by atoms with van der Waals surface area (Å²) < 4.78 is 1.61. The van der Waals surface area contributed by atoms with E-state index in [1.54, 1.807) is 10.9 Å². The second-order valence-electron chi connectivity index (χ2n) is 4.97. The molecule has 1 amide bonds. The minimum absolute atomic E-state index is 0.204. The van der Waals surface area contributed by atoms with Crippen LogP contribution in [0, 0.1) is 5.92 Å². The number of aliphatic hydroxyl groups excluding tert-OH is 1. The number of piperidine rings is 1. The summed E-state index contributed by atoms with van der Waals surface area (Å²) in [5.41, 5.74) is 2.22. The van der Waals surface area contributed by atoms with Crippen molar-refractivity contribution in [3.05, 3.63) is 11.9 Å². The number of carbonyl (C=O) groups is 1. The molecular formula is C11H20N6O2. The second kappa shape index (κ2) is 6.09. The van der Waals surface area contributed by atoms with E-state index in [2.05, 4.69) is 22.1 Å². The molecule has 4 N–H and O–H groups in total. The quantitative estimate of drug-likeness (QED) is 0.351. The maximum absolute atomic E-state index is 11.2. The van der Waals surface area contributed by atoms with Gasteiger partial charge in [0.15, 0.2) is 5.69 Å². The van der Waals surface area contributed by atoms with E-state index in [0.717, 1.165) is 19.5 Å². The van der Waals surface area contributed by atoms with Crippen LogP contribution >= 0.6 is 0 Å². The van der Waals surface area contributed by atoms with Crippen LogP contribution in [0.5, 0.6) is 0 Å². The molecule has 0 radical (unpaired) electrons. The number of carbonyl (C=O) groups excluding carboxylic acids is 1. The number of likely N-dealkylation sites (tertiary alicyclic amines) is 1. The molecule has 1 aromatic rings. The van der Waals surface area contributed by atoms with Gasteiger partial charge in [-0.1, -0.05) is 12.1 Å². The zero-order valence-corrected chi connectivity index (χ0v) is 11.0. The van der Waals surface area contributed by atoms with Crippen molar-refractivity contribution in [1.29, 1.82) is 0 Å². The number of amides is 1. The summed E-state index contributed by atoms with van der Waals surface area (Å²) in [6.07, 6.45) is 2.30. The number of nitrogens with one attached hydrogen (secondary N) is 1. The molecule has 0 bridgehead atoms. The summed E-state index contributed by atoms with van der Waals surface area (Å²) in [6, 6.07) is 0. The number of hydrazine groups is 1. The van der Waals surface area contributed by atoms with Gasteiger partial charge in [-0.05, 0) is 18.9 Å². The van der Waals surface area contributed by atoms with Crippen molar-refractivity contribution < 1.29 is 9.90 Å². The molecule has 1 saturated heterocycles. The van der Waals surface area contributed by atoms with E-state index in [9.17, 15) is 9.90 Å². The number of nitrogens with zero attached hydrogens (tertiary/aromatic N) is 4. The molecule has 19 heavy (non-hydrogen) atoms. The van der Waals surface area contributed by atoms with Gasteiger partial charge in [0.05, 0.1) is 18.8 Å². The van der Waals surface area contributed by atoms with Gasteiger partial charge in [0, 0.05) is 13.1 Å². The molecule has 0 aromatic carbocycles. The van der Waals surface area contributed by atoms with E-state index < -0.39 is 5.91 Å². The van der Waals surface area contributed by atoms with Crippen LogP contribution in [-0.2, 0) is 6.54 Å². The number of hydrogen-bond acceptors (Lipinski definition) is 6. The van der Waals surface area contributed by atoms with Crippen molar-refractivity contribution in [2.24, 2.45) is 11.8 Å². The Hall–Kier alpha value is -1.51. The summed E-state index contributed by atoms with van der Waals surface area (Å²) in [5.74, 6) is 4.93. The molecular weight excluding hydrogens is 248 g/mol. The molecule has 0 saturated carbocycles. The van der Waals surface area contributed by atoms with E-state index in [-0.39, 0.29) is 11.8 Å². The highest BCUT2D eigenvalue weighted by molar-refractivity contribution is 5.91. The first-order valence-electron chi connectivity index (χ1n) is 6.41. The number of aliphatic hydroxyl groups is 1. The van der Waals surface area contributed by atoms with Gasteiger partial charge in [-0.2, -0.15) is 0 Å². The standard InChI is InChI=1S/C11H20N6O2/c1-8-2-3-16(7-10(8)18)4-5-17-6-9(14-15-17)11(19)13-12/h6,8,10,18H,2-5,7,12H2,1H3,(H,13,19). The van der Waals surface area contributed by atoms with Crippen LogP contribution in [0.15, 0.2) is 6.20 Å². The average molecular weight is 268 g/mol. The molecule has 2 unspecified atom stereocenters. The Morgan fingerprint density at radius 2 is 2.42 bits per heavy atom. The van der Waals surface area contributed by atoms with Gasteiger partial charge in [0.25, 0.3) is 5.91 Å². The highest BCUT2D eigenvalue weighted by Gasteiger charge is 2.23. The maximum Gasteiger partial charge on any atom is 0.287 e.